The summed E-state index contributed by atoms with van der Waals surface area (Å²) in [5.74, 6) is 3.26. The first-order valence-electron chi connectivity index (χ1n) is 6.16. The molecule has 3 N–H and O–H groups in total. The van der Waals surface area contributed by atoms with E-state index in [2.05, 4.69) is 5.32 Å². The quantitative estimate of drug-likeness (QED) is 0.809. The smallest absolute Gasteiger partial charge is 0.144 e. The van der Waals surface area contributed by atoms with Crippen molar-refractivity contribution < 1.29 is 4.74 Å². The van der Waals surface area contributed by atoms with Gasteiger partial charge in [0.15, 0.2) is 0 Å². The van der Waals surface area contributed by atoms with Gasteiger partial charge in [0.05, 0.1) is 12.3 Å². The van der Waals surface area contributed by atoms with Gasteiger partial charge in [0.2, 0.25) is 0 Å². The molecule has 17 heavy (non-hydrogen) atoms. The zero-order valence-corrected chi connectivity index (χ0v) is 11.1. The molecule has 4 heteroatoms. The van der Waals surface area contributed by atoms with Crippen LogP contribution in [0.1, 0.15) is 19.8 Å². The van der Waals surface area contributed by atoms with E-state index in [1.165, 1.54) is 24.3 Å². The van der Waals surface area contributed by atoms with Crippen molar-refractivity contribution in [2.75, 3.05) is 29.2 Å². The Morgan fingerprint density at radius 1 is 1.53 bits per heavy atom. The van der Waals surface area contributed by atoms with E-state index in [4.69, 9.17) is 10.5 Å². The number of hydrogen-bond acceptors (Lipinski definition) is 4. The molecule has 1 aliphatic heterocycles. The summed E-state index contributed by atoms with van der Waals surface area (Å²) in [6, 6.07) is 6.50. The molecule has 0 bridgehead atoms. The molecular weight excluding hydrogens is 232 g/mol. The number of hydrogen-bond donors (Lipinski definition) is 2. The van der Waals surface area contributed by atoms with Crippen LogP contribution in [0.5, 0.6) is 5.75 Å². The summed E-state index contributed by atoms with van der Waals surface area (Å²) in [4.78, 5) is 0. The molecule has 3 nitrogen and oxygen atoms in total. The van der Waals surface area contributed by atoms with E-state index in [9.17, 15) is 0 Å². The number of ether oxygens (including phenoxy) is 1. The van der Waals surface area contributed by atoms with Crippen LogP contribution in [0.3, 0.4) is 0 Å². The molecule has 1 atom stereocenters. The number of nitrogens with two attached hydrogens (primary N) is 1. The minimum absolute atomic E-state index is 0.576. The fraction of sp³-hybridized carbons (Fsp3) is 0.538. The van der Waals surface area contributed by atoms with Gasteiger partial charge in [-0.3, -0.25) is 0 Å². The predicted octanol–water partition coefficient (Wildman–Crippen LogP) is 2.98. The van der Waals surface area contributed by atoms with Crippen LogP contribution in [0, 0.1) is 0 Å². The number of anilines is 2. The maximum atomic E-state index is 5.85. The second-order valence-corrected chi connectivity index (χ2v) is 5.39. The summed E-state index contributed by atoms with van der Waals surface area (Å²) in [7, 11) is 0. The van der Waals surface area contributed by atoms with Gasteiger partial charge < -0.3 is 15.8 Å². The highest BCUT2D eigenvalue weighted by Gasteiger charge is 2.13. The lowest BCUT2D eigenvalue weighted by molar-refractivity contribution is 0.342. The Balaban J connectivity index is 2.02. The van der Waals surface area contributed by atoms with E-state index in [1.807, 2.05) is 36.9 Å². The van der Waals surface area contributed by atoms with Gasteiger partial charge in [-0.1, -0.05) is 0 Å². The number of thioether (sulfide) groups is 1. The number of rotatable bonds is 4. The molecule has 94 valence electrons. The van der Waals surface area contributed by atoms with E-state index in [-0.39, 0.29) is 0 Å². The first kappa shape index (κ1) is 12.4. The topological polar surface area (TPSA) is 47.3 Å². The fourth-order valence-corrected chi connectivity index (χ4v) is 3.07. The number of benzene rings is 1. The van der Waals surface area contributed by atoms with Gasteiger partial charge in [0.1, 0.15) is 5.75 Å². The molecule has 0 spiro atoms. The van der Waals surface area contributed by atoms with Crippen molar-refractivity contribution in [3.05, 3.63) is 18.2 Å². The van der Waals surface area contributed by atoms with Crippen LogP contribution in [0.2, 0.25) is 0 Å². The van der Waals surface area contributed by atoms with Crippen molar-refractivity contribution in [2.24, 2.45) is 0 Å². The van der Waals surface area contributed by atoms with Gasteiger partial charge in [0, 0.05) is 23.5 Å². The average molecular weight is 252 g/mol. The number of nitrogen functional groups attached to an aromatic ring is 1. The van der Waals surface area contributed by atoms with Gasteiger partial charge in [-0.05, 0) is 37.7 Å². The van der Waals surface area contributed by atoms with E-state index >= 15 is 0 Å². The highest BCUT2D eigenvalue weighted by molar-refractivity contribution is 7.99. The van der Waals surface area contributed by atoms with Crippen molar-refractivity contribution in [1.29, 1.82) is 0 Å². The van der Waals surface area contributed by atoms with Gasteiger partial charge in [-0.2, -0.15) is 11.8 Å². The molecule has 1 aliphatic rings. The molecule has 0 aliphatic carbocycles. The van der Waals surface area contributed by atoms with Crippen LogP contribution >= 0.6 is 11.8 Å². The van der Waals surface area contributed by atoms with Crippen molar-refractivity contribution in [3.8, 4) is 5.75 Å². The lowest BCUT2D eigenvalue weighted by Crippen LogP contribution is -2.25. The second kappa shape index (κ2) is 6.05. The highest BCUT2D eigenvalue weighted by atomic mass is 32.2. The molecule has 1 aromatic rings. The van der Waals surface area contributed by atoms with Crippen LogP contribution < -0.4 is 15.8 Å². The standard InChI is InChI=1S/C13H20N2OS/c1-2-16-13-8-10(5-6-12(13)14)15-11-4-3-7-17-9-11/h5-6,8,11,15H,2-4,7,9,14H2,1H3. The SMILES string of the molecule is CCOc1cc(NC2CCCSC2)ccc1N. The molecule has 1 unspecified atom stereocenters. The normalized spacial score (nSPS) is 19.9. The van der Waals surface area contributed by atoms with Crippen LogP contribution in [0.4, 0.5) is 11.4 Å². The molecule has 0 amide bonds. The van der Waals surface area contributed by atoms with Crippen LogP contribution in [0.25, 0.3) is 0 Å². The summed E-state index contributed by atoms with van der Waals surface area (Å²) in [5, 5.41) is 3.55. The third-order valence-electron chi connectivity index (χ3n) is 2.84. The minimum Gasteiger partial charge on any atom is -0.492 e. The largest absolute Gasteiger partial charge is 0.492 e. The highest BCUT2D eigenvalue weighted by Crippen LogP contribution is 2.27. The first-order chi connectivity index (χ1) is 8.29. The fourth-order valence-electron chi connectivity index (χ4n) is 1.99. The molecule has 2 rings (SSSR count). The van der Waals surface area contributed by atoms with Gasteiger partial charge in [-0.25, -0.2) is 0 Å². The molecule has 0 aromatic heterocycles. The van der Waals surface area contributed by atoms with Crippen molar-refractivity contribution in [2.45, 2.75) is 25.8 Å². The first-order valence-corrected chi connectivity index (χ1v) is 7.31. The lowest BCUT2D eigenvalue weighted by atomic mass is 10.1. The Kier molecular flexibility index (Phi) is 4.42. The Morgan fingerprint density at radius 3 is 3.12 bits per heavy atom. The van der Waals surface area contributed by atoms with E-state index < -0.39 is 0 Å². The average Bonchev–Trinajstić information content (AvgIpc) is 2.35. The molecule has 0 saturated carbocycles. The van der Waals surface area contributed by atoms with Crippen LogP contribution in [-0.4, -0.2) is 24.2 Å². The van der Waals surface area contributed by atoms with Gasteiger partial charge in [-0.15, -0.1) is 0 Å². The molecule has 1 saturated heterocycles. The van der Waals surface area contributed by atoms with E-state index in [1.54, 1.807) is 0 Å². The maximum Gasteiger partial charge on any atom is 0.144 e. The zero-order chi connectivity index (χ0) is 12.1. The van der Waals surface area contributed by atoms with Crippen LogP contribution in [-0.2, 0) is 0 Å². The summed E-state index contributed by atoms with van der Waals surface area (Å²) < 4.78 is 5.50. The Labute approximate surface area is 107 Å². The maximum absolute atomic E-state index is 5.85. The second-order valence-electron chi connectivity index (χ2n) is 4.24. The Bertz CT molecular complexity index is 364. The zero-order valence-electron chi connectivity index (χ0n) is 10.2. The van der Waals surface area contributed by atoms with E-state index in [0.717, 1.165) is 11.4 Å². The lowest BCUT2D eigenvalue weighted by Gasteiger charge is -2.24. The number of nitrogens with one attached hydrogen (secondary N) is 1. The third-order valence-corrected chi connectivity index (χ3v) is 4.06. The van der Waals surface area contributed by atoms with Crippen molar-refractivity contribution >= 4 is 23.1 Å². The Hall–Kier alpha value is -1.03. The summed E-state index contributed by atoms with van der Waals surface area (Å²) in [6.07, 6.45) is 2.55. The molecule has 1 fully saturated rings. The monoisotopic (exact) mass is 252 g/mol. The predicted molar refractivity (Wildman–Crippen MR) is 76.0 cm³/mol. The Morgan fingerprint density at radius 2 is 2.41 bits per heavy atom. The molecule has 1 heterocycles. The third kappa shape index (κ3) is 3.46. The summed E-state index contributed by atoms with van der Waals surface area (Å²) in [5.41, 5.74) is 7.66. The van der Waals surface area contributed by atoms with Gasteiger partial charge in [0.25, 0.3) is 0 Å². The summed E-state index contributed by atoms with van der Waals surface area (Å²) in [6.45, 7) is 2.62. The molecular formula is C13H20N2OS. The van der Waals surface area contributed by atoms with E-state index in [0.29, 0.717) is 18.3 Å². The molecule has 0 radical (unpaired) electrons. The summed E-state index contributed by atoms with van der Waals surface area (Å²) >= 11 is 2.02. The molecule has 1 aromatic carbocycles. The minimum atomic E-state index is 0.576. The van der Waals surface area contributed by atoms with Crippen molar-refractivity contribution in [1.82, 2.24) is 0 Å². The van der Waals surface area contributed by atoms with Gasteiger partial charge >= 0.3 is 0 Å². The van der Waals surface area contributed by atoms with Crippen molar-refractivity contribution in [3.63, 3.8) is 0 Å². The van der Waals surface area contributed by atoms with Crippen LogP contribution in [0.15, 0.2) is 18.2 Å².